The monoisotopic (exact) mass is 171 g/mol. The Kier molecular flexibility index (Phi) is 1.72. The highest BCUT2D eigenvalue weighted by molar-refractivity contribution is 5.12. The lowest BCUT2D eigenvalue weighted by Crippen LogP contribution is -2.68. The molecular weight excluding hydrogens is 154 g/mol. The third-order valence-electron chi connectivity index (χ3n) is 3.71. The molecule has 2 rings (SSSR count). The Balaban J connectivity index is 2.09. The minimum absolute atomic E-state index is 0.260. The second-order valence-electron chi connectivity index (χ2n) is 4.11. The summed E-state index contributed by atoms with van der Waals surface area (Å²) in [6.07, 6.45) is 4.36. The normalized spacial score (nSPS) is 43.8. The molecule has 70 valence electrons. The van der Waals surface area contributed by atoms with Crippen LogP contribution < -0.4 is 5.73 Å². The Morgan fingerprint density at radius 2 is 1.75 bits per heavy atom. The fourth-order valence-electron chi connectivity index (χ4n) is 2.86. The molecule has 0 radical (unpaired) electrons. The lowest BCUT2D eigenvalue weighted by molar-refractivity contribution is -0.354. The quantitative estimate of drug-likeness (QED) is 0.627. The molecule has 3 heteroatoms. The first-order valence-electron chi connectivity index (χ1n) is 4.54. The molecule has 2 fully saturated rings. The summed E-state index contributed by atoms with van der Waals surface area (Å²) in [5.74, 6) is -0.303. The zero-order valence-corrected chi connectivity index (χ0v) is 7.80. The van der Waals surface area contributed by atoms with Crippen LogP contribution in [0, 0.1) is 5.41 Å². The Labute approximate surface area is 73.2 Å². The minimum atomic E-state index is -0.303. The zero-order chi connectivity index (χ0) is 8.82. The number of rotatable bonds is 2. The van der Waals surface area contributed by atoms with Crippen molar-refractivity contribution in [3.05, 3.63) is 0 Å². The molecule has 0 aromatic heterocycles. The van der Waals surface area contributed by atoms with E-state index >= 15 is 0 Å². The molecule has 0 saturated heterocycles. The second kappa shape index (κ2) is 2.44. The molecular formula is C9H17NO2. The lowest BCUT2D eigenvalue weighted by Gasteiger charge is -2.63. The molecule has 1 spiro atoms. The third kappa shape index (κ3) is 0.767. The van der Waals surface area contributed by atoms with E-state index < -0.39 is 0 Å². The van der Waals surface area contributed by atoms with Crippen LogP contribution in [0.1, 0.15) is 25.7 Å². The van der Waals surface area contributed by atoms with Gasteiger partial charge in [0.25, 0.3) is 0 Å². The summed E-state index contributed by atoms with van der Waals surface area (Å²) >= 11 is 0. The van der Waals surface area contributed by atoms with Crippen molar-refractivity contribution in [3.63, 3.8) is 0 Å². The van der Waals surface area contributed by atoms with Crippen LogP contribution in [0.15, 0.2) is 0 Å². The van der Waals surface area contributed by atoms with Crippen molar-refractivity contribution in [3.8, 4) is 0 Å². The maximum Gasteiger partial charge on any atom is 0.173 e. The van der Waals surface area contributed by atoms with Crippen molar-refractivity contribution in [1.82, 2.24) is 0 Å². The van der Waals surface area contributed by atoms with E-state index in [2.05, 4.69) is 0 Å². The van der Waals surface area contributed by atoms with E-state index in [0.717, 1.165) is 19.3 Å². The summed E-state index contributed by atoms with van der Waals surface area (Å²) in [6, 6.07) is 0.370. The van der Waals surface area contributed by atoms with Gasteiger partial charge in [-0.15, -0.1) is 0 Å². The summed E-state index contributed by atoms with van der Waals surface area (Å²) in [7, 11) is 3.46. The van der Waals surface area contributed by atoms with Crippen molar-refractivity contribution in [2.24, 2.45) is 11.1 Å². The van der Waals surface area contributed by atoms with Crippen LogP contribution in [0.2, 0.25) is 0 Å². The Hall–Kier alpha value is -0.120. The highest BCUT2D eigenvalue weighted by Gasteiger charge is 2.65. The van der Waals surface area contributed by atoms with Gasteiger partial charge in [0.1, 0.15) is 0 Å². The van der Waals surface area contributed by atoms with E-state index in [-0.39, 0.29) is 11.2 Å². The first kappa shape index (κ1) is 8.48. The van der Waals surface area contributed by atoms with Gasteiger partial charge in [-0.3, -0.25) is 0 Å². The molecule has 12 heavy (non-hydrogen) atoms. The number of methoxy groups -OCH3 is 2. The molecule has 0 amide bonds. The Morgan fingerprint density at radius 1 is 1.17 bits per heavy atom. The predicted octanol–water partition coefficient (Wildman–Crippen LogP) is 0.877. The van der Waals surface area contributed by atoms with E-state index in [9.17, 15) is 0 Å². The number of nitrogens with two attached hydrogens (primary N) is 1. The fraction of sp³-hybridized carbons (Fsp3) is 1.00. The summed E-state index contributed by atoms with van der Waals surface area (Å²) in [5, 5.41) is 0. The van der Waals surface area contributed by atoms with E-state index in [1.54, 1.807) is 14.2 Å². The summed E-state index contributed by atoms with van der Waals surface area (Å²) < 4.78 is 10.9. The van der Waals surface area contributed by atoms with Gasteiger partial charge in [-0.2, -0.15) is 0 Å². The molecule has 3 nitrogen and oxygen atoms in total. The number of ether oxygens (including phenoxy) is 2. The second-order valence-corrected chi connectivity index (χ2v) is 4.11. The maximum absolute atomic E-state index is 5.78. The topological polar surface area (TPSA) is 44.5 Å². The van der Waals surface area contributed by atoms with Gasteiger partial charge in [-0.1, -0.05) is 0 Å². The molecule has 0 heterocycles. The minimum Gasteiger partial charge on any atom is -0.353 e. The molecule has 2 N–H and O–H groups in total. The summed E-state index contributed by atoms with van der Waals surface area (Å²) in [6.45, 7) is 0. The van der Waals surface area contributed by atoms with E-state index in [1.165, 1.54) is 6.42 Å². The van der Waals surface area contributed by atoms with Crippen molar-refractivity contribution in [2.75, 3.05) is 14.2 Å². The third-order valence-corrected chi connectivity index (χ3v) is 3.71. The van der Waals surface area contributed by atoms with Gasteiger partial charge in [0.2, 0.25) is 0 Å². The molecule has 2 saturated carbocycles. The molecule has 0 aromatic carbocycles. The Morgan fingerprint density at radius 3 is 2.00 bits per heavy atom. The van der Waals surface area contributed by atoms with Crippen molar-refractivity contribution in [2.45, 2.75) is 37.5 Å². The smallest absolute Gasteiger partial charge is 0.173 e. The van der Waals surface area contributed by atoms with Gasteiger partial charge in [-0.25, -0.2) is 0 Å². The van der Waals surface area contributed by atoms with Crippen molar-refractivity contribution >= 4 is 0 Å². The van der Waals surface area contributed by atoms with Crippen molar-refractivity contribution in [1.29, 1.82) is 0 Å². The van der Waals surface area contributed by atoms with Gasteiger partial charge >= 0.3 is 0 Å². The van der Waals surface area contributed by atoms with Crippen LogP contribution in [0.3, 0.4) is 0 Å². The molecule has 0 bridgehead atoms. The van der Waals surface area contributed by atoms with Gasteiger partial charge in [0.15, 0.2) is 5.79 Å². The zero-order valence-electron chi connectivity index (χ0n) is 7.80. The first-order chi connectivity index (χ1) is 5.68. The largest absolute Gasteiger partial charge is 0.353 e. The highest BCUT2D eigenvalue weighted by atomic mass is 16.7. The highest BCUT2D eigenvalue weighted by Crippen LogP contribution is 2.63. The fourth-order valence-corrected chi connectivity index (χ4v) is 2.86. The van der Waals surface area contributed by atoms with E-state index in [4.69, 9.17) is 15.2 Å². The van der Waals surface area contributed by atoms with Crippen LogP contribution in [-0.2, 0) is 9.47 Å². The van der Waals surface area contributed by atoms with E-state index in [1.807, 2.05) is 0 Å². The SMILES string of the molecule is COC1(OC)CCC12CC(N)C2. The average Bonchev–Trinajstić information content (AvgIpc) is 1.99. The van der Waals surface area contributed by atoms with Crippen LogP contribution in [-0.4, -0.2) is 26.0 Å². The van der Waals surface area contributed by atoms with Crippen LogP contribution in [0.4, 0.5) is 0 Å². The summed E-state index contributed by atoms with van der Waals surface area (Å²) in [4.78, 5) is 0. The maximum atomic E-state index is 5.78. The van der Waals surface area contributed by atoms with Gasteiger partial charge in [0.05, 0.1) is 0 Å². The molecule has 0 aliphatic heterocycles. The lowest BCUT2D eigenvalue weighted by atomic mass is 9.50. The molecule has 0 unspecified atom stereocenters. The van der Waals surface area contributed by atoms with Crippen LogP contribution in [0.5, 0.6) is 0 Å². The first-order valence-corrected chi connectivity index (χ1v) is 4.54. The van der Waals surface area contributed by atoms with Crippen LogP contribution in [0.25, 0.3) is 0 Å². The van der Waals surface area contributed by atoms with Gasteiger partial charge in [0, 0.05) is 32.1 Å². The molecule has 2 aliphatic carbocycles. The predicted molar refractivity (Wildman–Crippen MR) is 45.6 cm³/mol. The van der Waals surface area contributed by atoms with Crippen LogP contribution >= 0.6 is 0 Å². The molecule has 2 aliphatic rings. The number of hydrogen-bond donors (Lipinski definition) is 1. The van der Waals surface area contributed by atoms with Gasteiger partial charge < -0.3 is 15.2 Å². The van der Waals surface area contributed by atoms with Crippen molar-refractivity contribution < 1.29 is 9.47 Å². The van der Waals surface area contributed by atoms with E-state index in [0.29, 0.717) is 6.04 Å². The average molecular weight is 171 g/mol. The standard InChI is InChI=1S/C9H17NO2/c1-11-9(12-2)4-3-8(9)5-7(10)6-8/h7H,3-6,10H2,1-2H3. The molecule has 0 atom stereocenters. The molecule has 0 aromatic rings. The summed E-state index contributed by atoms with van der Waals surface area (Å²) in [5.41, 5.74) is 6.04. The Bertz CT molecular complexity index is 177. The number of hydrogen-bond acceptors (Lipinski definition) is 3. The van der Waals surface area contributed by atoms with Gasteiger partial charge in [-0.05, 0) is 19.3 Å².